The molecular formula is C23H23NO6S. The van der Waals surface area contributed by atoms with Crippen molar-refractivity contribution < 1.29 is 23.8 Å². The van der Waals surface area contributed by atoms with Gasteiger partial charge in [-0.2, -0.15) is 11.8 Å². The number of aromatic hydroxyl groups is 1. The van der Waals surface area contributed by atoms with Crippen molar-refractivity contribution in [2.24, 2.45) is 0 Å². The van der Waals surface area contributed by atoms with Crippen LogP contribution in [0.3, 0.4) is 0 Å². The van der Waals surface area contributed by atoms with Gasteiger partial charge in [-0.1, -0.05) is 17.7 Å². The second-order valence-electron chi connectivity index (χ2n) is 7.06. The minimum Gasteiger partial charge on any atom is -0.508 e. The van der Waals surface area contributed by atoms with Crippen LogP contribution in [0.4, 0.5) is 0 Å². The van der Waals surface area contributed by atoms with Crippen LogP contribution >= 0.6 is 11.8 Å². The third kappa shape index (κ3) is 5.88. The van der Waals surface area contributed by atoms with E-state index in [0.717, 1.165) is 5.56 Å². The van der Waals surface area contributed by atoms with Gasteiger partial charge in [-0.15, -0.1) is 0 Å². The molecular weight excluding hydrogens is 418 g/mol. The Hall–Kier alpha value is -3.26. The van der Waals surface area contributed by atoms with Crippen LogP contribution in [0.15, 0.2) is 57.7 Å². The van der Waals surface area contributed by atoms with E-state index in [1.807, 2.05) is 19.2 Å². The lowest BCUT2D eigenvalue weighted by Gasteiger charge is -2.18. The topological polar surface area (TPSA) is 106 Å². The molecule has 0 aliphatic heterocycles. The molecule has 1 heterocycles. The predicted molar refractivity (Wildman–Crippen MR) is 119 cm³/mol. The van der Waals surface area contributed by atoms with Crippen LogP contribution in [0.1, 0.15) is 27.9 Å². The molecule has 0 bridgehead atoms. The van der Waals surface area contributed by atoms with Gasteiger partial charge in [0.05, 0.1) is 0 Å². The zero-order valence-corrected chi connectivity index (χ0v) is 18.0. The fourth-order valence-corrected chi connectivity index (χ4v) is 3.57. The third-order valence-electron chi connectivity index (χ3n) is 4.66. The van der Waals surface area contributed by atoms with Crippen LogP contribution in [-0.4, -0.2) is 35.0 Å². The highest BCUT2D eigenvalue weighted by molar-refractivity contribution is 7.98. The lowest BCUT2D eigenvalue weighted by Crippen LogP contribution is -2.42. The van der Waals surface area contributed by atoms with Gasteiger partial charge >= 0.3 is 11.6 Å². The number of ether oxygens (including phenoxy) is 1. The smallest absolute Gasteiger partial charge is 0.336 e. The van der Waals surface area contributed by atoms with Gasteiger partial charge in [-0.25, -0.2) is 9.59 Å². The highest BCUT2D eigenvalue weighted by atomic mass is 32.2. The van der Waals surface area contributed by atoms with E-state index in [2.05, 4.69) is 5.32 Å². The highest BCUT2D eigenvalue weighted by Crippen LogP contribution is 2.22. The number of thioether (sulfide) groups is 1. The zero-order chi connectivity index (χ0) is 22.4. The van der Waals surface area contributed by atoms with E-state index >= 15 is 0 Å². The Bertz CT molecular complexity index is 1160. The maximum atomic E-state index is 12.7. The second kappa shape index (κ2) is 10.2. The number of carbonyl (C=O) groups excluding carboxylic acids is 2. The van der Waals surface area contributed by atoms with Crippen molar-refractivity contribution in [1.82, 2.24) is 5.32 Å². The van der Waals surface area contributed by atoms with Crippen molar-refractivity contribution in [3.63, 3.8) is 0 Å². The monoisotopic (exact) mass is 441 g/mol. The Morgan fingerprint density at radius 1 is 1.19 bits per heavy atom. The summed E-state index contributed by atoms with van der Waals surface area (Å²) in [7, 11) is 0. The quantitative estimate of drug-likeness (QED) is 0.408. The normalized spacial score (nSPS) is 11.8. The Labute approximate surface area is 183 Å². The first-order valence-electron chi connectivity index (χ1n) is 9.66. The largest absolute Gasteiger partial charge is 0.508 e. The fourth-order valence-electron chi connectivity index (χ4n) is 3.10. The molecule has 31 heavy (non-hydrogen) atoms. The number of nitrogens with one attached hydrogen (secondary N) is 1. The number of rotatable bonds is 8. The summed E-state index contributed by atoms with van der Waals surface area (Å²) in [6.45, 7) is 1.72. The minimum atomic E-state index is -0.823. The molecule has 0 saturated heterocycles. The van der Waals surface area contributed by atoms with Crippen molar-refractivity contribution in [1.29, 1.82) is 0 Å². The molecule has 2 N–H and O–H groups in total. The van der Waals surface area contributed by atoms with E-state index in [4.69, 9.17) is 9.15 Å². The molecule has 1 aromatic heterocycles. The van der Waals surface area contributed by atoms with Crippen molar-refractivity contribution in [3.8, 4) is 5.75 Å². The van der Waals surface area contributed by atoms with Crippen molar-refractivity contribution in [2.75, 3.05) is 12.0 Å². The summed E-state index contributed by atoms with van der Waals surface area (Å²) in [5, 5.41) is 12.9. The summed E-state index contributed by atoms with van der Waals surface area (Å²) in [5.74, 6) is -0.325. The van der Waals surface area contributed by atoms with E-state index < -0.39 is 17.6 Å². The maximum Gasteiger partial charge on any atom is 0.336 e. The SMILES string of the molecule is CSCC[C@@H](NC(=O)c1cccc(C)c1)C(=O)OCc1cc(=O)oc2cc(O)ccc12. The van der Waals surface area contributed by atoms with Crippen LogP contribution < -0.4 is 10.9 Å². The summed E-state index contributed by atoms with van der Waals surface area (Å²) in [6.07, 6.45) is 2.32. The van der Waals surface area contributed by atoms with Gasteiger partial charge < -0.3 is 19.6 Å². The molecule has 8 heteroatoms. The Balaban J connectivity index is 1.74. The number of esters is 1. The van der Waals surface area contributed by atoms with Crippen molar-refractivity contribution in [2.45, 2.75) is 26.0 Å². The number of amides is 1. The van der Waals surface area contributed by atoms with Gasteiger partial charge in [0, 0.05) is 28.6 Å². The first kappa shape index (κ1) is 22.4. The van der Waals surface area contributed by atoms with Crippen LogP contribution in [0.2, 0.25) is 0 Å². The minimum absolute atomic E-state index is 0.0409. The number of phenolic OH excluding ortho intramolecular Hbond substituents is 1. The molecule has 3 aromatic rings. The number of hydrogen-bond acceptors (Lipinski definition) is 7. The molecule has 2 aromatic carbocycles. The van der Waals surface area contributed by atoms with Gasteiger partial charge in [0.15, 0.2) is 0 Å². The summed E-state index contributed by atoms with van der Waals surface area (Å²) >= 11 is 1.56. The van der Waals surface area contributed by atoms with Gasteiger partial charge in [-0.05, 0) is 49.6 Å². The van der Waals surface area contributed by atoms with Crippen LogP contribution in [-0.2, 0) is 16.1 Å². The van der Waals surface area contributed by atoms with Crippen LogP contribution in [0, 0.1) is 6.92 Å². The number of fused-ring (bicyclic) bond motifs is 1. The summed E-state index contributed by atoms with van der Waals surface area (Å²) in [6, 6.07) is 11.9. The van der Waals surface area contributed by atoms with Gasteiger partial charge in [0.2, 0.25) is 0 Å². The molecule has 7 nitrogen and oxygen atoms in total. The second-order valence-corrected chi connectivity index (χ2v) is 8.04. The van der Waals surface area contributed by atoms with Crippen molar-refractivity contribution >= 4 is 34.6 Å². The molecule has 0 aliphatic rings. The maximum absolute atomic E-state index is 12.7. The van der Waals surface area contributed by atoms with Crippen LogP contribution in [0.5, 0.6) is 5.75 Å². The molecule has 0 fully saturated rings. The molecule has 0 aliphatic carbocycles. The average molecular weight is 442 g/mol. The standard InChI is InChI=1S/C23H23NO6S/c1-14-4-3-5-15(10-14)22(27)24-19(8-9-31-2)23(28)29-13-16-11-21(26)30-20-12-17(25)6-7-18(16)20/h3-7,10-12,19,25H,8-9,13H2,1-2H3,(H,24,27)/t19-/m1/s1. The first-order valence-corrected chi connectivity index (χ1v) is 11.1. The third-order valence-corrected chi connectivity index (χ3v) is 5.31. The van der Waals surface area contributed by atoms with Gasteiger partial charge in [-0.3, -0.25) is 4.79 Å². The molecule has 1 atom stereocenters. The van der Waals surface area contributed by atoms with E-state index in [1.54, 1.807) is 36.0 Å². The van der Waals surface area contributed by atoms with E-state index in [0.29, 0.717) is 28.7 Å². The first-order chi connectivity index (χ1) is 14.9. The summed E-state index contributed by atoms with van der Waals surface area (Å²) in [5.41, 5.74) is 1.44. The fraction of sp³-hybridized carbons (Fsp3) is 0.261. The van der Waals surface area contributed by atoms with E-state index in [9.17, 15) is 19.5 Å². The predicted octanol–water partition coefficient (Wildman–Crippen LogP) is 3.40. The molecule has 1 amide bonds. The highest BCUT2D eigenvalue weighted by Gasteiger charge is 2.23. The lowest BCUT2D eigenvalue weighted by atomic mass is 10.1. The average Bonchev–Trinajstić information content (AvgIpc) is 2.74. The summed E-state index contributed by atoms with van der Waals surface area (Å²) < 4.78 is 10.5. The zero-order valence-electron chi connectivity index (χ0n) is 17.2. The molecule has 0 spiro atoms. The molecule has 3 rings (SSSR count). The Morgan fingerprint density at radius 2 is 2.00 bits per heavy atom. The number of aryl methyl sites for hydroxylation is 1. The number of hydrogen-bond donors (Lipinski definition) is 2. The molecule has 162 valence electrons. The van der Waals surface area contributed by atoms with E-state index in [-0.39, 0.29) is 23.8 Å². The molecule has 0 radical (unpaired) electrons. The molecule has 0 saturated carbocycles. The lowest BCUT2D eigenvalue weighted by molar-refractivity contribution is -0.147. The van der Waals surface area contributed by atoms with E-state index in [1.165, 1.54) is 18.2 Å². The number of benzene rings is 2. The Kier molecular flexibility index (Phi) is 7.36. The van der Waals surface area contributed by atoms with Gasteiger partial charge in [0.1, 0.15) is 24.0 Å². The Morgan fingerprint density at radius 3 is 2.74 bits per heavy atom. The summed E-state index contributed by atoms with van der Waals surface area (Å²) in [4.78, 5) is 37.2. The van der Waals surface area contributed by atoms with Crippen LogP contribution in [0.25, 0.3) is 11.0 Å². The van der Waals surface area contributed by atoms with Crippen molar-refractivity contribution in [3.05, 3.63) is 75.6 Å². The molecule has 0 unspecified atom stereocenters. The van der Waals surface area contributed by atoms with Gasteiger partial charge in [0.25, 0.3) is 5.91 Å². The number of carbonyl (C=O) groups is 2. The number of phenols is 1.